The van der Waals surface area contributed by atoms with Gasteiger partial charge in [0.25, 0.3) is 0 Å². The van der Waals surface area contributed by atoms with Crippen LogP contribution >= 0.6 is 11.6 Å². The third-order valence-corrected chi connectivity index (χ3v) is 3.93. The summed E-state index contributed by atoms with van der Waals surface area (Å²) in [4.78, 5) is 4.67. The molecule has 0 saturated heterocycles. The van der Waals surface area contributed by atoms with E-state index in [0.717, 1.165) is 30.0 Å². The first-order valence-corrected chi connectivity index (χ1v) is 7.76. The summed E-state index contributed by atoms with van der Waals surface area (Å²) in [6, 6.07) is 4.07. The maximum absolute atomic E-state index is 6.06. The maximum Gasteiger partial charge on any atom is 0.214 e. The molecule has 0 atom stereocenters. The van der Waals surface area contributed by atoms with Crippen molar-refractivity contribution in [2.45, 2.75) is 70.3 Å². The highest BCUT2D eigenvalue weighted by molar-refractivity contribution is 6.17. The molecular formula is C16H24ClNO. The number of pyridine rings is 1. The zero-order valence-electron chi connectivity index (χ0n) is 12.2. The van der Waals surface area contributed by atoms with Crippen molar-refractivity contribution in [3.05, 3.63) is 23.4 Å². The molecule has 0 aromatic carbocycles. The number of alkyl halides is 1. The third-order valence-electron chi connectivity index (χ3n) is 3.62. The molecule has 1 heterocycles. The van der Waals surface area contributed by atoms with E-state index in [9.17, 15) is 0 Å². The Balaban J connectivity index is 2.19. The normalized spacial score (nSPS) is 17.5. The minimum atomic E-state index is 0.0206. The van der Waals surface area contributed by atoms with Gasteiger partial charge in [0.2, 0.25) is 5.88 Å². The molecule has 0 spiro atoms. The molecule has 1 aliphatic rings. The van der Waals surface area contributed by atoms with Crippen LogP contribution < -0.4 is 4.74 Å². The molecule has 1 aromatic rings. The van der Waals surface area contributed by atoms with Crippen LogP contribution in [0.15, 0.2) is 12.1 Å². The molecule has 1 aliphatic carbocycles. The predicted octanol–water partition coefficient (Wildman–Crippen LogP) is 4.83. The van der Waals surface area contributed by atoms with Crippen LogP contribution in [0.3, 0.4) is 0 Å². The summed E-state index contributed by atoms with van der Waals surface area (Å²) in [7, 11) is 0. The Morgan fingerprint density at radius 1 is 1.21 bits per heavy atom. The van der Waals surface area contributed by atoms with Crippen molar-refractivity contribution >= 4 is 11.6 Å². The Bertz CT molecular complexity index is 419. The van der Waals surface area contributed by atoms with Crippen LogP contribution in [-0.2, 0) is 11.3 Å². The summed E-state index contributed by atoms with van der Waals surface area (Å²) < 4.78 is 6.06. The lowest BCUT2D eigenvalue weighted by Crippen LogP contribution is -2.21. The standard InChI is InChI=1S/C16H24ClNO/c1-16(2,3)14-9-12(11-17)10-15(18-14)19-13-7-5-4-6-8-13/h9-10,13H,4-8,11H2,1-3H3. The largest absolute Gasteiger partial charge is 0.474 e. The molecule has 1 fully saturated rings. The van der Waals surface area contributed by atoms with E-state index in [2.05, 4.69) is 31.8 Å². The highest BCUT2D eigenvalue weighted by Gasteiger charge is 2.20. The van der Waals surface area contributed by atoms with Gasteiger partial charge < -0.3 is 4.74 Å². The van der Waals surface area contributed by atoms with Gasteiger partial charge in [0.05, 0.1) is 5.69 Å². The van der Waals surface area contributed by atoms with Crippen LogP contribution in [0.1, 0.15) is 64.1 Å². The topological polar surface area (TPSA) is 22.1 Å². The Labute approximate surface area is 121 Å². The molecule has 0 aliphatic heterocycles. The molecule has 0 amide bonds. The van der Waals surface area contributed by atoms with Crippen LogP contribution in [-0.4, -0.2) is 11.1 Å². The summed E-state index contributed by atoms with van der Waals surface area (Å²) in [5, 5.41) is 0. The lowest BCUT2D eigenvalue weighted by molar-refractivity contribution is 0.148. The van der Waals surface area contributed by atoms with E-state index in [4.69, 9.17) is 16.3 Å². The van der Waals surface area contributed by atoms with E-state index in [1.54, 1.807) is 0 Å². The van der Waals surface area contributed by atoms with Gasteiger partial charge in [-0.15, -0.1) is 11.6 Å². The first kappa shape index (κ1) is 14.6. The van der Waals surface area contributed by atoms with Gasteiger partial charge in [-0.2, -0.15) is 0 Å². The molecule has 2 nitrogen and oxygen atoms in total. The van der Waals surface area contributed by atoms with Crippen molar-refractivity contribution in [1.29, 1.82) is 0 Å². The van der Waals surface area contributed by atoms with Gasteiger partial charge in [0, 0.05) is 17.4 Å². The Morgan fingerprint density at radius 2 is 1.89 bits per heavy atom. The van der Waals surface area contributed by atoms with Crippen LogP contribution in [0.2, 0.25) is 0 Å². The van der Waals surface area contributed by atoms with Crippen molar-refractivity contribution in [2.75, 3.05) is 0 Å². The van der Waals surface area contributed by atoms with Crippen LogP contribution in [0.25, 0.3) is 0 Å². The summed E-state index contributed by atoms with van der Waals surface area (Å²) in [5.41, 5.74) is 2.16. The van der Waals surface area contributed by atoms with Crippen molar-refractivity contribution in [2.24, 2.45) is 0 Å². The molecular weight excluding hydrogens is 258 g/mol. The van der Waals surface area contributed by atoms with E-state index in [0.29, 0.717) is 12.0 Å². The number of halogens is 1. The maximum atomic E-state index is 6.06. The molecule has 0 radical (unpaired) electrons. The molecule has 0 bridgehead atoms. The number of aromatic nitrogens is 1. The summed E-state index contributed by atoms with van der Waals surface area (Å²) in [6.45, 7) is 6.49. The smallest absolute Gasteiger partial charge is 0.214 e. The van der Waals surface area contributed by atoms with E-state index < -0.39 is 0 Å². The van der Waals surface area contributed by atoms with Gasteiger partial charge in [-0.3, -0.25) is 0 Å². The highest BCUT2D eigenvalue weighted by Crippen LogP contribution is 2.27. The SMILES string of the molecule is CC(C)(C)c1cc(CCl)cc(OC2CCCCC2)n1. The molecule has 2 rings (SSSR count). The first-order valence-electron chi connectivity index (χ1n) is 7.23. The molecule has 0 unspecified atom stereocenters. The molecule has 1 saturated carbocycles. The Kier molecular flexibility index (Phi) is 4.72. The second kappa shape index (κ2) is 6.13. The highest BCUT2D eigenvalue weighted by atomic mass is 35.5. The van der Waals surface area contributed by atoms with Gasteiger partial charge >= 0.3 is 0 Å². The molecule has 1 aromatic heterocycles. The molecule has 0 N–H and O–H groups in total. The number of hydrogen-bond acceptors (Lipinski definition) is 2. The summed E-state index contributed by atoms with van der Waals surface area (Å²) in [6.07, 6.45) is 6.51. The average Bonchev–Trinajstić information content (AvgIpc) is 2.38. The van der Waals surface area contributed by atoms with E-state index in [1.165, 1.54) is 19.3 Å². The molecule has 19 heavy (non-hydrogen) atoms. The third kappa shape index (κ3) is 4.10. The van der Waals surface area contributed by atoms with Crippen molar-refractivity contribution < 1.29 is 4.74 Å². The van der Waals surface area contributed by atoms with Gasteiger partial charge in [0.15, 0.2) is 0 Å². The quantitative estimate of drug-likeness (QED) is 0.741. The fourth-order valence-corrected chi connectivity index (χ4v) is 2.59. The van der Waals surface area contributed by atoms with Crippen molar-refractivity contribution in [1.82, 2.24) is 4.98 Å². The van der Waals surface area contributed by atoms with Gasteiger partial charge in [-0.1, -0.05) is 27.2 Å². The zero-order valence-corrected chi connectivity index (χ0v) is 13.0. The number of nitrogens with zero attached hydrogens (tertiary/aromatic N) is 1. The minimum absolute atomic E-state index is 0.0206. The predicted molar refractivity (Wildman–Crippen MR) is 80.0 cm³/mol. The Morgan fingerprint density at radius 3 is 2.47 bits per heavy atom. The number of rotatable bonds is 3. The molecule has 3 heteroatoms. The summed E-state index contributed by atoms with van der Waals surface area (Å²) >= 11 is 5.98. The lowest BCUT2D eigenvalue weighted by atomic mass is 9.91. The van der Waals surface area contributed by atoms with Crippen molar-refractivity contribution in [3.8, 4) is 5.88 Å². The van der Waals surface area contributed by atoms with Gasteiger partial charge in [-0.05, 0) is 37.3 Å². The second-order valence-corrected chi connectivity index (χ2v) is 6.73. The second-order valence-electron chi connectivity index (χ2n) is 6.46. The van der Waals surface area contributed by atoms with E-state index >= 15 is 0 Å². The fourth-order valence-electron chi connectivity index (χ4n) is 2.43. The van der Waals surface area contributed by atoms with Crippen molar-refractivity contribution in [3.63, 3.8) is 0 Å². The minimum Gasteiger partial charge on any atom is -0.474 e. The van der Waals surface area contributed by atoms with E-state index in [-0.39, 0.29) is 5.41 Å². The summed E-state index contributed by atoms with van der Waals surface area (Å²) in [5.74, 6) is 1.25. The molecule has 106 valence electrons. The Hall–Kier alpha value is -0.760. The van der Waals surface area contributed by atoms with Gasteiger partial charge in [0.1, 0.15) is 6.10 Å². The number of ether oxygens (including phenoxy) is 1. The van der Waals surface area contributed by atoms with Gasteiger partial charge in [-0.25, -0.2) is 4.98 Å². The van der Waals surface area contributed by atoms with E-state index in [1.807, 2.05) is 6.07 Å². The average molecular weight is 282 g/mol. The van der Waals surface area contributed by atoms with Crippen LogP contribution in [0, 0.1) is 0 Å². The van der Waals surface area contributed by atoms with Crippen LogP contribution in [0.5, 0.6) is 5.88 Å². The lowest BCUT2D eigenvalue weighted by Gasteiger charge is -2.24. The fraction of sp³-hybridized carbons (Fsp3) is 0.688. The monoisotopic (exact) mass is 281 g/mol. The zero-order chi connectivity index (χ0) is 13.9. The first-order chi connectivity index (χ1) is 8.99. The number of hydrogen-bond donors (Lipinski definition) is 0. The van der Waals surface area contributed by atoms with Crippen LogP contribution in [0.4, 0.5) is 0 Å².